The Bertz CT molecular complexity index is 717. The summed E-state index contributed by atoms with van der Waals surface area (Å²) in [4.78, 5) is 12.1. The van der Waals surface area contributed by atoms with Crippen LogP contribution < -0.4 is 14.8 Å². The number of hydrogen-bond acceptors (Lipinski definition) is 4. The highest BCUT2D eigenvalue weighted by Crippen LogP contribution is 2.33. The Morgan fingerprint density at radius 3 is 1.87 bits per heavy atom. The average molecular weight is 426 g/mol. The highest BCUT2D eigenvalue weighted by Gasteiger charge is 2.16. The molecular weight excluding hydrogens is 386 g/mol. The number of ether oxygens (including phenoxy) is 2. The molecule has 170 valence electrons. The van der Waals surface area contributed by atoms with Crippen molar-refractivity contribution >= 4 is 5.78 Å². The number of rotatable bonds is 15. The normalized spacial score (nSPS) is 10.9. The number of terminal acetylenes is 2. The zero-order chi connectivity index (χ0) is 23.1. The van der Waals surface area contributed by atoms with Gasteiger partial charge in [0.05, 0.1) is 13.2 Å². The van der Waals surface area contributed by atoms with Gasteiger partial charge >= 0.3 is 0 Å². The summed E-state index contributed by atoms with van der Waals surface area (Å²) in [5, 5.41) is 3.52. The molecule has 1 N–H and O–H groups in total. The number of hydrogen-bond donors (Lipinski definition) is 1. The van der Waals surface area contributed by atoms with Crippen molar-refractivity contribution in [3.8, 4) is 36.2 Å². The number of ketones is 1. The van der Waals surface area contributed by atoms with E-state index in [4.69, 9.17) is 22.3 Å². The summed E-state index contributed by atoms with van der Waals surface area (Å²) in [5.74, 6) is 6.78. The Morgan fingerprint density at radius 2 is 1.45 bits per heavy atom. The molecule has 4 nitrogen and oxygen atoms in total. The van der Waals surface area contributed by atoms with Crippen LogP contribution in [0.15, 0.2) is 12.1 Å². The largest absolute Gasteiger partial charge is 0.493 e. The first-order chi connectivity index (χ1) is 14.8. The van der Waals surface area contributed by atoms with Crippen molar-refractivity contribution in [2.24, 2.45) is 0 Å². The molecule has 0 aliphatic heterocycles. The van der Waals surface area contributed by atoms with Crippen molar-refractivity contribution in [2.45, 2.75) is 84.6 Å². The molecule has 0 heterocycles. The zero-order valence-corrected chi connectivity index (χ0v) is 19.8. The van der Waals surface area contributed by atoms with Gasteiger partial charge < -0.3 is 14.8 Å². The highest BCUT2D eigenvalue weighted by atomic mass is 16.5. The fraction of sp³-hybridized carbons (Fsp3) is 0.593. The molecular formula is C27H39NO3. The third-order valence-electron chi connectivity index (χ3n) is 4.78. The Labute approximate surface area is 189 Å². The average Bonchev–Trinajstić information content (AvgIpc) is 2.70. The lowest BCUT2D eigenvalue weighted by Crippen LogP contribution is -2.36. The van der Waals surface area contributed by atoms with Gasteiger partial charge in [0.2, 0.25) is 0 Å². The smallest absolute Gasteiger partial charge is 0.160 e. The molecule has 1 rings (SSSR count). The second kappa shape index (κ2) is 14.6. The van der Waals surface area contributed by atoms with Crippen molar-refractivity contribution < 1.29 is 14.3 Å². The summed E-state index contributed by atoms with van der Waals surface area (Å²) in [5.41, 5.74) is 1.70. The van der Waals surface area contributed by atoms with Crippen molar-refractivity contribution in [1.29, 1.82) is 0 Å². The number of benzene rings is 1. The minimum atomic E-state index is -0.00434. The van der Waals surface area contributed by atoms with E-state index in [9.17, 15) is 4.79 Å². The lowest BCUT2D eigenvalue weighted by Gasteiger charge is -2.21. The molecule has 0 bridgehead atoms. The van der Waals surface area contributed by atoms with E-state index in [1.165, 1.54) is 0 Å². The van der Waals surface area contributed by atoms with E-state index in [1.54, 1.807) is 6.92 Å². The van der Waals surface area contributed by atoms with Gasteiger partial charge in [0.15, 0.2) is 5.78 Å². The van der Waals surface area contributed by atoms with E-state index >= 15 is 0 Å². The Balaban J connectivity index is 2.99. The molecule has 0 aromatic heterocycles. The highest BCUT2D eigenvalue weighted by molar-refractivity contribution is 5.95. The minimum Gasteiger partial charge on any atom is -0.493 e. The molecule has 0 unspecified atom stereocenters. The zero-order valence-electron chi connectivity index (χ0n) is 19.8. The molecule has 4 heteroatoms. The molecule has 0 saturated carbocycles. The summed E-state index contributed by atoms with van der Waals surface area (Å²) >= 11 is 0. The van der Waals surface area contributed by atoms with Crippen LogP contribution in [0.25, 0.3) is 0 Å². The molecule has 0 atom stereocenters. The third-order valence-corrected chi connectivity index (χ3v) is 4.78. The van der Waals surface area contributed by atoms with Gasteiger partial charge in [-0.15, -0.1) is 24.7 Å². The van der Waals surface area contributed by atoms with Crippen molar-refractivity contribution in [3.63, 3.8) is 0 Å². The minimum absolute atomic E-state index is 0.00434. The molecule has 0 radical (unpaired) electrons. The summed E-state index contributed by atoms with van der Waals surface area (Å²) in [6.07, 6.45) is 17.5. The molecule has 0 amide bonds. The summed E-state index contributed by atoms with van der Waals surface area (Å²) < 4.78 is 12.2. The maximum Gasteiger partial charge on any atom is 0.160 e. The Hall–Kier alpha value is -2.43. The van der Waals surface area contributed by atoms with Crippen LogP contribution in [0, 0.1) is 24.7 Å². The monoisotopic (exact) mass is 425 g/mol. The van der Waals surface area contributed by atoms with Crippen LogP contribution in [0.1, 0.15) is 88.6 Å². The number of carbonyl (C=O) groups excluding carboxylic acids is 1. The van der Waals surface area contributed by atoms with Crippen molar-refractivity contribution in [2.75, 3.05) is 19.8 Å². The van der Waals surface area contributed by atoms with E-state index in [0.717, 1.165) is 75.0 Å². The summed E-state index contributed by atoms with van der Waals surface area (Å²) in [6, 6.07) is 3.70. The van der Waals surface area contributed by atoms with Gasteiger partial charge in [0.25, 0.3) is 0 Å². The second-order valence-electron chi connectivity index (χ2n) is 8.81. The second-order valence-corrected chi connectivity index (χ2v) is 8.81. The number of unbranched alkanes of at least 4 members (excludes halogenated alkanes) is 4. The van der Waals surface area contributed by atoms with E-state index in [1.807, 2.05) is 12.1 Å². The molecule has 0 aliphatic carbocycles. The van der Waals surface area contributed by atoms with Crippen LogP contribution in [-0.2, 0) is 6.42 Å². The summed E-state index contributed by atoms with van der Waals surface area (Å²) in [6.45, 7) is 10.1. The van der Waals surface area contributed by atoms with E-state index in [-0.39, 0.29) is 11.3 Å². The van der Waals surface area contributed by atoms with Gasteiger partial charge in [-0.1, -0.05) is 0 Å². The third kappa shape index (κ3) is 11.5. The standard InChI is InChI=1S/C27H39NO3/c1-7-9-11-13-18-30-25-20-23(22(3)29)21-26(31-19-14-12-10-8-2)24(25)16-15-17-28-27(4,5)6/h1-2,20-21,28H,9-19H2,3-6H3. The Kier molecular flexibility index (Phi) is 12.5. The van der Waals surface area contributed by atoms with E-state index in [0.29, 0.717) is 18.8 Å². The number of carbonyl (C=O) groups is 1. The number of Topliss-reactive ketones (excluding diaryl/α,β-unsaturated/α-hetero) is 1. The van der Waals surface area contributed by atoms with Gasteiger partial charge in [-0.3, -0.25) is 4.79 Å². The van der Waals surface area contributed by atoms with Crippen LogP contribution in [0.5, 0.6) is 11.5 Å². The predicted octanol–water partition coefficient (Wildman–Crippen LogP) is 5.57. The first kappa shape index (κ1) is 26.6. The lowest BCUT2D eigenvalue weighted by atomic mass is 10.0. The topological polar surface area (TPSA) is 47.6 Å². The first-order valence-electron chi connectivity index (χ1n) is 11.3. The van der Waals surface area contributed by atoms with E-state index in [2.05, 4.69) is 37.9 Å². The van der Waals surface area contributed by atoms with Crippen LogP contribution >= 0.6 is 0 Å². The molecule has 1 aromatic carbocycles. The van der Waals surface area contributed by atoms with Crippen molar-refractivity contribution in [3.05, 3.63) is 23.3 Å². The maximum absolute atomic E-state index is 12.1. The molecule has 0 saturated heterocycles. The number of nitrogens with one attached hydrogen (secondary N) is 1. The van der Waals surface area contributed by atoms with Crippen molar-refractivity contribution in [1.82, 2.24) is 5.32 Å². The molecule has 0 fully saturated rings. The lowest BCUT2D eigenvalue weighted by molar-refractivity contribution is 0.101. The van der Waals surface area contributed by atoms with Gasteiger partial charge in [-0.05, 0) is 84.9 Å². The fourth-order valence-corrected chi connectivity index (χ4v) is 3.08. The van der Waals surface area contributed by atoms with Crippen LogP contribution in [0.2, 0.25) is 0 Å². The van der Waals surface area contributed by atoms with Crippen LogP contribution in [0.3, 0.4) is 0 Å². The molecule has 0 spiro atoms. The fourth-order valence-electron chi connectivity index (χ4n) is 3.08. The Morgan fingerprint density at radius 1 is 0.935 bits per heavy atom. The van der Waals surface area contributed by atoms with Gasteiger partial charge in [-0.2, -0.15) is 0 Å². The van der Waals surface area contributed by atoms with Gasteiger partial charge in [-0.25, -0.2) is 0 Å². The summed E-state index contributed by atoms with van der Waals surface area (Å²) in [7, 11) is 0. The molecule has 0 aliphatic rings. The van der Waals surface area contributed by atoms with Gasteiger partial charge in [0, 0.05) is 29.5 Å². The molecule has 1 aromatic rings. The quantitative estimate of drug-likeness (QED) is 0.227. The predicted molar refractivity (Wildman–Crippen MR) is 129 cm³/mol. The first-order valence-corrected chi connectivity index (χ1v) is 11.3. The van der Waals surface area contributed by atoms with Crippen LogP contribution in [0.4, 0.5) is 0 Å². The van der Waals surface area contributed by atoms with E-state index < -0.39 is 0 Å². The maximum atomic E-state index is 12.1. The van der Waals surface area contributed by atoms with Gasteiger partial charge in [0.1, 0.15) is 11.5 Å². The SMILES string of the molecule is C#CCCCCOc1cc(C(C)=O)cc(OCCCCC#C)c1CCCNC(C)(C)C. The molecule has 31 heavy (non-hydrogen) atoms. The van der Waals surface area contributed by atoms with Crippen LogP contribution in [-0.4, -0.2) is 31.1 Å².